The Morgan fingerprint density at radius 3 is 2.57 bits per heavy atom. The maximum atomic E-state index is 13.5. The average Bonchev–Trinajstić information content (AvgIpc) is 2.90. The van der Waals surface area contributed by atoms with E-state index in [4.69, 9.17) is 10.2 Å². The summed E-state index contributed by atoms with van der Waals surface area (Å²) in [4.78, 5) is 22.1. The van der Waals surface area contributed by atoms with Crippen molar-refractivity contribution in [1.82, 2.24) is 4.57 Å². The molecule has 1 aromatic carbocycles. The lowest BCUT2D eigenvalue weighted by atomic mass is 10.2. The number of allylic oxidation sites excluding steroid dienone is 1. The number of benzene rings is 1. The Morgan fingerprint density at radius 2 is 1.90 bits per heavy atom. The second-order valence-electron chi connectivity index (χ2n) is 4.36. The van der Waals surface area contributed by atoms with Crippen molar-refractivity contribution in [3.05, 3.63) is 71.5 Å². The van der Waals surface area contributed by atoms with E-state index >= 15 is 0 Å². The number of halogens is 1. The van der Waals surface area contributed by atoms with Crippen LogP contribution in [0.1, 0.15) is 15.9 Å². The topological polar surface area (TPSA) is 79.5 Å². The molecule has 0 spiro atoms. The number of aliphatic carboxylic acids is 1. The molecule has 2 aromatic rings. The molecule has 2 N–H and O–H groups in total. The number of carboxylic acids is 1. The van der Waals surface area contributed by atoms with Crippen LogP contribution >= 0.6 is 0 Å². The molecule has 0 unspecified atom stereocenters. The van der Waals surface area contributed by atoms with Gasteiger partial charge in [0.25, 0.3) is 0 Å². The minimum absolute atomic E-state index is 0.208. The molecule has 21 heavy (non-hydrogen) atoms. The molecular weight excluding hydrogens is 277 g/mol. The van der Waals surface area contributed by atoms with Crippen LogP contribution in [-0.2, 0) is 11.3 Å². The van der Waals surface area contributed by atoms with E-state index in [-0.39, 0.29) is 17.9 Å². The summed E-state index contributed by atoms with van der Waals surface area (Å²) in [7, 11) is 0. The minimum atomic E-state index is -1.57. The Kier molecular flexibility index (Phi) is 4.18. The lowest BCUT2D eigenvalue weighted by molar-refractivity contribution is -0.135. The van der Waals surface area contributed by atoms with Crippen LogP contribution in [0.5, 0.6) is 0 Å². The van der Waals surface area contributed by atoms with E-state index in [0.717, 1.165) is 0 Å². The predicted molar refractivity (Wildman–Crippen MR) is 72.6 cm³/mol. The van der Waals surface area contributed by atoms with E-state index < -0.39 is 17.5 Å². The molecule has 0 bridgehead atoms. The Balaban J connectivity index is 2.15. The number of carbonyl (C=O) groups excluding carboxylic acids is 1. The van der Waals surface area contributed by atoms with Crippen LogP contribution in [0.2, 0.25) is 0 Å². The van der Waals surface area contributed by atoms with Gasteiger partial charge in [0.1, 0.15) is 5.82 Å². The molecule has 0 amide bonds. The van der Waals surface area contributed by atoms with E-state index in [2.05, 4.69) is 0 Å². The number of aliphatic hydroxyl groups is 1. The monoisotopic (exact) mass is 289 g/mol. The number of hydrogen-bond acceptors (Lipinski definition) is 3. The molecule has 0 radical (unpaired) electrons. The Hall–Kier alpha value is -2.89. The molecular formula is C15H12FNO4. The van der Waals surface area contributed by atoms with Crippen molar-refractivity contribution in [2.24, 2.45) is 0 Å². The summed E-state index contributed by atoms with van der Waals surface area (Å²) in [6, 6.07) is 7.74. The first-order valence-electron chi connectivity index (χ1n) is 6.05. The highest BCUT2D eigenvalue weighted by molar-refractivity contribution is 6.07. The van der Waals surface area contributed by atoms with Gasteiger partial charge < -0.3 is 14.8 Å². The molecule has 1 heterocycles. The third-order valence-corrected chi connectivity index (χ3v) is 2.83. The third kappa shape index (κ3) is 3.56. The van der Waals surface area contributed by atoms with E-state index in [1.807, 2.05) is 0 Å². The van der Waals surface area contributed by atoms with E-state index in [0.29, 0.717) is 11.6 Å². The SMILES string of the molecule is O=C(O)/C(O)=C/C(=O)c1ccn(Cc2ccccc2F)c1. The highest BCUT2D eigenvalue weighted by atomic mass is 19.1. The van der Waals surface area contributed by atoms with Crippen LogP contribution < -0.4 is 0 Å². The smallest absolute Gasteiger partial charge is 0.371 e. The zero-order valence-electron chi connectivity index (χ0n) is 10.9. The van der Waals surface area contributed by atoms with Gasteiger partial charge in [-0.05, 0) is 12.1 Å². The summed E-state index contributed by atoms with van der Waals surface area (Å²) < 4.78 is 15.1. The summed E-state index contributed by atoms with van der Waals surface area (Å²) in [6.45, 7) is 0.245. The Morgan fingerprint density at radius 1 is 1.19 bits per heavy atom. The van der Waals surface area contributed by atoms with Gasteiger partial charge in [0, 0.05) is 36.1 Å². The second kappa shape index (κ2) is 6.04. The number of hydrogen-bond donors (Lipinski definition) is 2. The van der Waals surface area contributed by atoms with Gasteiger partial charge in [-0.1, -0.05) is 18.2 Å². The van der Waals surface area contributed by atoms with Crippen LogP contribution in [-0.4, -0.2) is 26.5 Å². The fourth-order valence-corrected chi connectivity index (χ4v) is 1.78. The van der Waals surface area contributed by atoms with Gasteiger partial charge in [-0.2, -0.15) is 0 Å². The molecule has 2 rings (SSSR count). The maximum absolute atomic E-state index is 13.5. The summed E-state index contributed by atoms with van der Waals surface area (Å²) in [5.74, 6) is -3.58. The maximum Gasteiger partial charge on any atom is 0.371 e. The van der Waals surface area contributed by atoms with E-state index in [9.17, 15) is 14.0 Å². The van der Waals surface area contributed by atoms with Gasteiger partial charge in [0.15, 0.2) is 5.78 Å². The van der Waals surface area contributed by atoms with Crippen molar-refractivity contribution in [3.8, 4) is 0 Å². The van der Waals surface area contributed by atoms with Crippen LogP contribution in [0.15, 0.2) is 54.6 Å². The molecule has 0 atom stereocenters. The molecule has 0 saturated carbocycles. The predicted octanol–water partition coefficient (Wildman–Crippen LogP) is 2.38. The standard InChI is InChI=1S/C15H12FNO4/c16-12-4-2-1-3-10(12)8-17-6-5-11(9-17)13(18)7-14(19)15(20)21/h1-7,9,19H,8H2,(H,20,21)/b14-7-. The number of aliphatic hydroxyl groups excluding tert-OH is 1. The Labute approximate surface area is 119 Å². The van der Waals surface area contributed by atoms with Gasteiger partial charge in [-0.25, -0.2) is 9.18 Å². The Bertz CT molecular complexity index is 718. The molecule has 0 aliphatic carbocycles. The van der Waals surface area contributed by atoms with Gasteiger partial charge in [-0.3, -0.25) is 4.79 Å². The summed E-state index contributed by atoms with van der Waals surface area (Å²) in [5.41, 5.74) is 0.676. The van der Waals surface area contributed by atoms with Crippen molar-refractivity contribution >= 4 is 11.8 Å². The van der Waals surface area contributed by atoms with Crippen LogP contribution in [0.3, 0.4) is 0 Å². The first-order valence-corrected chi connectivity index (χ1v) is 6.05. The molecule has 1 aromatic heterocycles. The lowest BCUT2D eigenvalue weighted by Crippen LogP contribution is -2.04. The van der Waals surface area contributed by atoms with Crippen molar-refractivity contribution < 1.29 is 24.2 Å². The van der Waals surface area contributed by atoms with Gasteiger partial charge in [-0.15, -0.1) is 0 Å². The molecule has 5 nitrogen and oxygen atoms in total. The van der Waals surface area contributed by atoms with Crippen molar-refractivity contribution in [3.63, 3.8) is 0 Å². The fraction of sp³-hybridized carbons (Fsp3) is 0.0667. The largest absolute Gasteiger partial charge is 0.502 e. The molecule has 6 heteroatoms. The summed E-state index contributed by atoms with van der Waals surface area (Å²) in [6.07, 6.45) is 3.66. The number of rotatable bonds is 5. The number of aromatic nitrogens is 1. The van der Waals surface area contributed by atoms with Crippen molar-refractivity contribution in [2.75, 3.05) is 0 Å². The van der Waals surface area contributed by atoms with Crippen LogP contribution in [0.4, 0.5) is 4.39 Å². The van der Waals surface area contributed by atoms with Gasteiger partial charge >= 0.3 is 5.97 Å². The van der Waals surface area contributed by atoms with Crippen molar-refractivity contribution in [1.29, 1.82) is 0 Å². The normalized spacial score (nSPS) is 11.4. The quantitative estimate of drug-likeness (QED) is 0.503. The zero-order chi connectivity index (χ0) is 15.4. The highest BCUT2D eigenvalue weighted by Gasteiger charge is 2.11. The van der Waals surface area contributed by atoms with E-state index in [1.165, 1.54) is 18.3 Å². The first kappa shape index (κ1) is 14.5. The summed E-state index contributed by atoms with van der Waals surface area (Å²) in [5, 5.41) is 17.5. The number of nitrogens with zero attached hydrogens (tertiary/aromatic N) is 1. The van der Waals surface area contributed by atoms with Gasteiger partial charge in [0.05, 0.1) is 0 Å². The zero-order valence-corrected chi connectivity index (χ0v) is 10.9. The number of carboxylic acid groups (broad SMARTS) is 1. The molecule has 0 fully saturated rings. The molecule has 0 saturated heterocycles. The summed E-state index contributed by atoms with van der Waals surface area (Å²) >= 11 is 0. The van der Waals surface area contributed by atoms with Crippen LogP contribution in [0.25, 0.3) is 0 Å². The molecule has 0 aliphatic heterocycles. The molecule has 108 valence electrons. The minimum Gasteiger partial charge on any atom is -0.502 e. The first-order chi connectivity index (χ1) is 9.97. The highest BCUT2D eigenvalue weighted by Crippen LogP contribution is 2.11. The lowest BCUT2D eigenvalue weighted by Gasteiger charge is -2.04. The third-order valence-electron chi connectivity index (χ3n) is 2.83. The average molecular weight is 289 g/mol. The second-order valence-corrected chi connectivity index (χ2v) is 4.36. The van der Waals surface area contributed by atoms with E-state index in [1.54, 1.807) is 29.0 Å². The number of carbonyl (C=O) groups is 2. The number of ketones is 1. The van der Waals surface area contributed by atoms with Crippen molar-refractivity contribution in [2.45, 2.75) is 6.54 Å². The van der Waals surface area contributed by atoms with Crippen LogP contribution in [0, 0.1) is 5.82 Å². The van der Waals surface area contributed by atoms with Gasteiger partial charge in [0.2, 0.25) is 5.76 Å². The molecule has 0 aliphatic rings. The fourth-order valence-electron chi connectivity index (χ4n) is 1.78.